The number of carbonyl (C=O) groups is 1. The maximum absolute atomic E-state index is 9.99. The molecule has 0 saturated carbocycles. The first kappa shape index (κ1) is 10.4. The normalized spacial score (nSPS) is 12.9. The summed E-state index contributed by atoms with van der Waals surface area (Å²) in [5.74, 6) is -0.814. The van der Waals surface area contributed by atoms with Gasteiger partial charge in [-0.3, -0.25) is 4.79 Å². The summed E-state index contributed by atoms with van der Waals surface area (Å²) in [6.45, 7) is 2.30. The monoisotopic (exact) mass is 162 g/mol. The van der Waals surface area contributed by atoms with Gasteiger partial charge in [0.2, 0.25) is 0 Å². The maximum Gasteiger partial charge on any atom is 0.303 e. The SMILES string of the molecule is CC(O)COCCCC(=O)O. The molecule has 0 rings (SSSR count). The molecule has 0 aliphatic heterocycles. The van der Waals surface area contributed by atoms with Gasteiger partial charge in [-0.25, -0.2) is 0 Å². The highest BCUT2D eigenvalue weighted by Crippen LogP contribution is 1.91. The highest BCUT2D eigenvalue weighted by molar-refractivity contribution is 5.66. The first-order valence-corrected chi connectivity index (χ1v) is 3.60. The Bertz CT molecular complexity index is 111. The van der Waals surface area contributed by atoms with Crippen LogP contribution in [0.2, 0.25) is 0 Å². The topological polar surface area (TPSA) is 66.8 Å². The van der Waals surface area contributed by atoms with Crippen LogP contribution in [-0.2, 0) is 9.53 Å². The molecule has 0 aromatic rings. The number of hydrogen-bond donors (Lipinski definition) is 2. The van der Waals surface area contributed by atoms with Crippen LogP contribution in [-0.4, -0.2) is 35.5 Å². The average molecular weight is 162 g/mol. The van der Waals surface area contributed by atoms with Crippen molar-refractivity contribution in [1.82, 2.24) is 0 Å². The van der Waals surface area contributed by atoms with Gasteiger partial charge < -0.3 is 14.9 Å². The van der Waals surface area contributed by atoms with Crippen LogP contribution in [0.4, 0.5) is 0 Å². The predicted molar refractivity (Wildman–Crippen MR) is 39.4 cm³/mol. The largest absolute Gasteiger partial charge is 0.481 e. The van der Waals surface area contributed by atoms with E-state index in [2.05, 4.69) is 0 Å². The molecule has 0 aliphatic rings. The third-order valence-corrected chi connectivity index (χ3v) is 1.04. The molecule has 0 fully saturated rings. The number of carboxylic acids is 1. The summed E-state index contributed by atoms with van der Waals surface area (Å²) in [6, 6.07) is 0. The Hall–Kier alpha value is -0.610. The van der Waals surface area contributed by atoms with Crippen LogP contribution in [0.25, 0.3) is 0 Å². The molecule has 0 heterocycles. The quantitative estimate of drug-likeness (QED) is 0.549. The molecule has 0 aliphatic carbocycles. The van der Waals surface area contributed by atoms with E-state index in [4.69, 9.17) is 14.9 Å². The van der Waals surface area contributed by atoms with E-state index in [1.807, 2.05) is 0 Å². The molecule has 2 N–H and O–H groups in total. The summed E-state index contributed by atoms with van der Waals surface area (Å²) < 4.78 is 4.93. The Morgan fingerprint density at radius 3 is 2.73 bits per heavy atom. The van der Waals surface area contributed by atoms with Gasteiger partial charge in [0.05, 0.1) is 12.7 Å². The Balaban J connectivity index is 2.97. The minimum Gasteiger partial charge on any atom is -0.481 e. The van der Waals surface area contributed by atoms with Gasteiger partial charge in [-0.15, -0.1) is 0 Å². The van der Waals surface area contributed by atoms with Crippen molar-refractivity contribution < 1.29 is 19.7 Å². The summed E-state index contributed by atoms with van der Waals surface area (Å²) >= 11 is 0. The fraction of sp³-hybridized carbons (Fsp3) is 0.857. The Morgan fingerprint density at radius 2 is 2.27 bits per heavy atom. The maximum atomic E-state index is 9.99. The summed E-state index contributed by atoms with van der Waals surface area (Å²) in [6.07, 6.45) is 0.154. The molecule has 66 valence electrons. The van der Waals surface area contributed by atoms with Gasteiger partial charge in [0.15, 0.2) is 0 Å². The molecule has 0 saturated heterocycles. The molecule has 0 aromatic carbocycles. The highest BCUT2D eigenvalue weighted by Gasteiger charge is 1.97. The van der Waals surface area contributed by atoms with E-state index < -0.39 is 12.1 Å². The number of hydrogen-bond acceptors (Lipinski definition) is 3. The highest BCUT2D eigenvalue weighted by atomic mass is 16.5. The zero-order valence-corrected chi connectivity index (χ0v) is 6.62. The van der Waals surface area contributed by atoms with Crippen molar-refractivity contribution in [2.24, 2.45) is 0 Å². The van der Waals surface area contributed by atoms with Gasteiger partial charge in [0.25, 0.3) is 0 Å². The Labute approximate surface area is 65.8 Å². The molecule has 1 atom stereocenters. The zero-order valence-electron chi connectivity index (χ0n) is 6.62. The summed E-state index contributed by atoms with van der Waals surface area (Å²) in [5.41, 5.74) is 0. The van der Waals surface area contributed by atoms with Gasteiger partial charge in [-0.05, 0) is 13.3 Å². The van der Waals surface area contributed by atoms with Crippen LogP contribution >= 0.6 is 0 Å². The van der Waals surface area contributed by atoms with E-state index in [-0.39, 0.29) is 13.0 Å². The Kier molecular flexibility index (Phi) is 5.78. The van der Waals surface area contributed by atoms with Gasteiger partial charge in [-0.2, -0.15) is 0 Å². The van der Waals surface area contributed by atoms with Crippen LogP contribution in [0.1, 0.15) is 19.8 Å². The lowest BCUT2D eigenvalue weighted by Gasteiger charge is -2.04. The molecular weight excluding hydrogens is 148 g/mol. The molecular formula is C7H14O4. The van der Waals surface area contributed by atoms with Crippen LogP contribution in [0, 0.1) is 0 Å². The summed E-state index contributed by atoms with van der Waals surface area (Å²) in [5, 5.41) is 16.9. The molecule has 0 aromatic heterocycles. The van der Waals surface area contributed by atoms with Crippen molar-refractivity contribution in [3.8, 4) is 0 Å². The van der Waals surface area contributed by atoms with Gasteiger partial charge >= 0.3 is 5.97 Å². The first-order valence-electron chi connectivity index (χ1n) is 3.60. The van der Waals surface area contributed by atoms with E-state index in [9.17, 15) is 4.79 Å². The summed E-state index contributed by atoms with van der Waals surface area (Å²) in [4.78, 5) is 9.99. The van der Waals surface area contributed by atoms with Gasteiger partial charge in [-0.1, -0.05) is 0 Å². The number of carboxylic acid groups (broad SMARTS) is 1. The van der Waals surface area contributed by atoms with Crippen LogP contribution < -0.4 is 0 Å². The summed E-state index contributed by atoms with van der Waals surface area (Å²) in [7, 11) is 0. The average Bonchev–Trinajstić information content (AvgIpc) is 1.85. The number of aliphatic hydroxyl groups excluding tert-OH is 1. The van der Waals surface area contributed by atoms with E-state index in [1.54, 1.807) is 6.92 Å². The van der Waals surface area contributed by atoms with Crippen molar-refractivity contribution in [1.29, 1.82) is 0 Å². The first-order chi connectivity index (χ1) is 5.13. The molecule has 1 unspecified atom stereocenters. The lowest BCUT2D eigenvalue weighted by Crippen LogP contribution is -2.11. The molecule has 0 amide bonds. The fourth-order valence-electron chi connectivity index (χ4n) is 0.579. The fourth-order valence-corrected chi connectivity index (χ4v) is 0.579. The smallest absolute Gasteiger partial charge is 0.303 e. The molecule has 4 nitrogen and oxygen atoms in total. The minimum absolute atomic E-state index is 0.125. The van der Waals surface area contributed by atoms with Crippen LogP contribution in [0.5, 0.6) is 0 Å². The van der Waals surface area contributed by atoms with E-state index >= 15 is 0 Å². The lowest BCUT2D eigenvalue weighted by molar-refractivity contribution is -0.137. The van der Waals surface area contributed by atoms with Crippen molar-refractivity contribution >= 4 is 5.97 Å². The number of rotatable bonds is 6. The van der Waals surface area contributed by atoms with E-state index in [1.165, 1.54) is 0 Å². The van der Waals surface area contributed by atoms with Crippen molar-refractivity contribution in [3.63, 3.8) is 0 Å². The van der Waals surface area contributed by atoms with E-state index in [0.717, 1.165) is 0 Å². The Morgan fingerprint density at radius 1 is 1.64 bits per heavy atom. The number of aliphatic hydroxyl groups is 1. The standard InChI is InChI=1S/C7H14O4/c1-6(8)5-11-4-2-3-7(9)10/h6,8H,2-5H2,1H3,(H,9,10). The van der Waals surface area contributed by atoms with Crippen LogP contribution in [0.3, 0.4) is 0 Å². The zero-order chi connectivity index (χ0) is 8.69. The van der Waals surface area contributed by atoms with Crippen molar-refractivity contribution in [2.45, 2.75) is 25.9 Å². The van der Waals surface area contributed by atoms with Gasteiger partial charge in [0.1, 0.15) is 0 Å². The second-order valence-electron chi connectivity index (χ2n) is 2.42. The minimum atomic E-state index is -0.814. The second kappa shape index (κ2) is 6.12. The second-order valence-corrected chi connectivity index (χ2v) is 2.42. The van der Waals surface area contributed by atoms with Gasteiger partial charge in [0, 0.05) is 13.0 Å². The van der Waals surface area contributed by atoms with Crippen molar-refractivity contribution in [2.75, 3.05) is 13.2 Å². The van der Waals surface area contributed by atoms with Crippen molar-refractivity contribution in [3.05, 3.63) is 0 Å². The third-order valence-electron chi connectivity index (χ3n) is 1.04. The van der Waals surface area contributed by atoms with Crippen LogP contribution in [0.15, 0.2) is 0 Å². The molecule has 0 spiro atoms. The van der Waals surface area contributed by atoms with E-state index in [0.29, 0.717) is 13.0 Å². The molecule has 4 heteroatoms. The number of aliphatic carboxylic acids is 1. The number of ether oxygens (including phenoxy) is 1. The molecule has 11 heavy (non-hydrogen) atoms. The molecule has 0 radical (unpaired) electrons. The predicted octanol–water partition coefficient (Wildman–Crippen LogP) is 0.249. The lowest BCUT2D eigenvalue weighted by atomic mass is 10.3. The molecule has 0 bridgehead atoms. The third kappa shape index (κ3) is 9.39.